The molecule has 2 aromatic rings. The molecule has 0 amide bonds. The minimum atomic E-state index is -3.50. The van der Waals surface area contributed by atoms with E-state index in [4.69, 9.17) is 9.47 Å². The van der Waals surface area contributed by atoms with Crippen LogP contribution in [0, 0.1) is 5.82 Å². The Morgan fingerprint density at radius 2 is 1.79 bits per heavy atom. The maximum Gasteiger partial charge on any atom is 0.243 e. The van der Waals surface area contributed by atoms with Crippen LogP contribution in [0.5, 0.6) is 5.75 Å². The average molecular weight is 351 g/mol. The summed E-state index contributed by atoms with van der Waals surface area (Å²) in [6, 6.07) is 12.4. The van der Waals surface area contributed by atoms with E-state index in [0.717, 1.165) is 0 Å². The predicted molar refractivity (Wildman–Crippen MR) is 86.8 cm³/mol. The topological polar surface area (TPSA) is 55.8 Å². The van der Waals surface area contributed by atoms with Gasteiger partial charge in [-0.3, -0.25) is 0 Å². The number of nitrogens with zero attached hydrogens (tertiary/aromatic N) is 1. The predicted octanol–water partition coefficient (Wildman–Crippen LogP) is 2.43. The molecule has 0 unspecified atom stereocenters. The fraction of sp³-hybridized carbons (Fsp3) is 0.294. The van der Waals surface area contributed by atoms with Crippen molar-refractivity contribution in [3.63, 3.8) is 0 Å². The zero-order valence-electron chi connectivity index (χ0n) is 13.0. The molecule has 0 aliphatic carbocycles. The van der Waals surface area contributed by atoms with Crippen LogP contribution in [0.3, 0.4) is 0 Å². The third-order valence-corrected chi connectivity index (χ3v) is 5.64. The van der Waals surface area contributed by atoms with Crippen molar-refractivity contribution < 1.29 is 22.3 Å². The second kappa shape index (κ2) is 7.29. The lowest BCUT2D eigenvalue weighted by Crippen LogP contribution is -2.40. The second-order valence-corrected chi connectivity index (χ2v) is 7.34. The van der Waals surface area contributed by atoms with Crippen molar-refractivity contribution in [1.82, 2.24) is 4.31 Å². The first-order valence-corrected chi connectivity index (χ1v) is 9.05. The highest BCUT2D eigenvalue weighted by atomic mass is 32.2. The number of sulfonamides is 1. The van der Waals surface area contributed by atoms with Crippen molar-refractivity contribution in [2.24, 2.45) is 0 Å². The SMILES string of the molecule is O=S(=O)(c1ccc(OCc2cccc(F)c2)cc1)N1CCOCC1. The van der Waals surface area contributed by atoms with E-state index in [0.29, 0.717) is 37.6 Å². The Hall–Kier alpha value is -1.96. The quantitative estimate of drug-likeness (QED) is 0.830. The molecule has 1 aliphatic rings. The molecule has 128 valence electrons. The third kappa shape index (κ3) is 3.92. The summed E-state index contributed by atoms with van der Waals surface area (Å²) in [5.41, 5.74) is 0.708. The van der Waals surface area contributed by atoms with Gasteiger partial charge in [0, 0.05) is 13.1 Å². The van der Waals surface area contributed by atoms with Gasteiger partial charge in [-0.1, -0.05) is 12.1 Å². The van der Waals surface area contributed by atoms with Gasteiger partial charge in [-0.05, 0) is 42.0 Å². The normalized spacial score (nSPS) is 16.0. The van der Waals surface area contributed by atoms with Gasteiger partial charge in [-0.25, -0.2) is 12.8 Å². The van der Waals surface area contributed by atoms with Crippen molar-refractivity contribution in [2.45, 2.75) is 11.5 Å². The monoisotopic (exact) mass is 351 g/mol. The van der Waals surface area contributed by atoms with E-state index in [1.54, 1.807) is 24.3 Å². The molecule has 3 rings (SSSR count). The largest absolute Gasteiger partial charge is 0.489 e. The molecule has 1 heterocycles. The third-order valence-electron chi connectivity index (χ3n) is 3.73. The molecular weight excluding hydrogens is 333 g/mol. The van der Waals surface area contributed by atoms with E-state index in [-0.39, 0.29) is 17.3 Å². The van der Waals surface area contributed by atoms with Crippen LogP contribution in [0.1, 0.15) is 5.56 Å². The summed E-state index contributed by atoms with van der Waals surface area (Å²) in [4.78, 5) is 0.225. The van der Waals surface area contributed by atoms with Crippen LogP contribution in [0.4, 0.5) is 4.39 Å². The highest BCUT2D eigenvalue weighted by Gasteiger charge is 2.26. The average Bonchev–Trinajstić information content (AvgIpc) is 2.61. The first kappa shape index (κ1) is 16.9. The molecule has 2 aromatic carbocycles. The first-order valence-electron chi connectivity index (χ1n) is 7.61. The van der Waals surface area contributed by atoms with Gasteiger partial charge in [-0.15, -0.1) is 0 Å². The summed E-state index contributed by atoms with van der Waals surface area (Å²) in [6.45, 7) is 1.76. The van der Waals surface area contributed by atoms with Gasteiger partial charge in [0.25, 0.3) is 0 Å². The summed E-state index contributed by atoms with van der Waals surface area (Å²) in [5.74, 6) is 0.211. The minimum absolute atomic E-state index is 0.216. The zero-order valence-corrected chi connectivity index (χ0v) is 13.8. The highest BCUT2D eigenvalue weighted by Crippen LogP contribution is 2.21. The van der Waals surface area contributed by atoms with E-state index in [1.807, 2.05) is 0 Å². The number of rotatable bonds is 5. The Balaban J connectivity index is 1.66. The minimum Gasteiger partial charge on any atom is -0.489 e. The summed E-state index contributed by atoms with van der Waals surface area (Å²) in [6.07, 6.45) is 0. The Kier molecular flexibility index (Phi) is 5.13. The summed E-state index contributed by atoms with van der Waals surface area (Å²) in [7, 11) is -3.50. The smallest absolute Gasteiger partial charge is 0.243 e. The van der Waals surface area contributed by atoms with Crippen LogP contribution >= 0.6 is 0 Å². The van der Waals surface area contributed by atoms with E-state index in [9.17, 15) is 12.8 Å². The molecule has 0 saturated carbocycles. The van der Waals surface area contributed by atoms with E-state index in [1.165, 1.54) is 28.6 Å². The van der Waals surface area contributed by atoms with E-state index >= 15 is 0 Å². The maximum atomic E-state index is 13.1. The lowest BCUT2D eigenvalue weighted by atomic mass is 10.2. The number of ether oxygens (including phenoxy) is 2. The van der Waals surface area contributed by atoms with Crippen LogP contribution in [0.25, 0.3) is 0 Å². The number of hydrogen-bond acceptors (Lipinski definition) is 4. The summed E-state index contributed by atoms with van der Waals surface area (Å²) >= 11 is 0. The van der Waals surface area contributed by atoms with E-state index in [2.05, 4.69) is 0 Å². The second-order valence-electron chi connectivity index (χ2n) is 5.41. The lowest BCUT2D eigenvalue weighted by Gasteiger charge is -2.26. The Morgan fingerprint density at radius 3 is 2.46 bits per heavy atom. The van der Waals surface area contributed by atoms with Crippen LogP contribution in [-0.2, 0) is 21.4 Å². The fourth-order valence-electron chi connectivity index (χ4n) is 2.44. The zero-order chi connectivity index (χ0) is 17.0. The molecule has 1 saturated heterocycles. The lowest BCUT2D eigenvalue weighted by molar-refractivity contribution is 0.0730. The van der Waals surface area contributed by atoms with Gasteiger partial charge in [0.05, 0.1) is 18.1 Å². The van der Waals surface area contributed by atoms with Crippen molar-refractivity contribution in [2.75, 3.05) is 26.3 Å². The van der Waals surface area contributed by atoms with Gasteiger partial charge >= 0.3 is 0 Å². The highest BCUT2D eigenvalue weighted by molar-refractivity contribution is 7.89. The van der Waals surface area contributed by atoms with E-state index < -0.39 is 10.0 Å². The molecule has 0 spiro atoms. The van der Waals surface area contributed by atoms with Gasteiger partial charge in [0.1, 0.15) is 18.2 Å². The van der Waals surface area contributed by atoms with Crippen LogP contribution in [0.2, 0.25) is 0 Å². The van der Waals surface area contributed by atoms with Crippen molar-refractivity contribution in [3.05, 3.63) is 59.9 Å². The first-order chi connectivity index (χ1) is 11.6. The molecule has 0 bridgehead atoms. The van der Waals surface area contributed by atoms with Gasteiger partial charge in [-0.2, -0.15) is 4.31 Å². The van der Waals surface area contributed by atoms with Crippen molar-refractivity contribution in [3.8, 4) is 5.75 Å². The summed E-state index contributed by atoms with van der Waals surface area (Å²) in [5, 5.41) is 0. The number of halogens is 1. The van der Waals surface area contributed by atoms with Crippen LogP contribution < -0.4 is 4.74 Å². The molecule has 0 atom stereocenters. The van der Waals surface area contributed by atoms with Crippen molar-refractivity contribution in [1.29, 1.82) is 0 Å². The Labute approximate surface area is 140 Å². The summed E-state index contributed by atoms with van der Waals surface area (Å²) < 4.78 is 50.3. The number of hydrogen-bond donors (Lipinski definition) is 0. The Bertz CT molecular complexity index is 786. The standard InChI is InChI=1S/C17H18FNO4S/c18-15-3-1-2-14(12-15)13-23-16-4-6-17(7-5-16)24(20,21)19-8-10-22-11-9-19/h1-7,12H,8-11,13H2. The molecular formula is C17H18FNO4S. The van der Waals surface area contributed by atoms with Crippen LogP contribution in [0.15, 0.2) is 53.4 Å². The van der Waals surface area contributed by atoms with Gasteiger partial charge < -0.3 is 9.47 Å². The number of morpholine rings is 1. The molecule has 24 heavy (non-hydrogen) atoms. The van der Waals surface area contributed by atoms with Gasteiger partial charge in [0.2, 0.25) is 10.0 Å². The molecule has 1 aliphatic heterocycles. The van der Waals surface area contributed by atoms with Crippen molar-refractivity contribution >= 4 is 10.0 Å². The molecule has 5 nitrogen and oxygen atoms in total. The maximum absolute atomic E-state index is 13.1. The molecule has 7 heteroatoms. The van der Waals surface area contributed by atoms with Gasteiger partial charge in [0.15, 0.2) is 0 Å². The fourth-order valence-corrected chi connectivity index (χ4v) is 3.85. The number of benzene rings is 2. The van der Waals surface area contributed by atoms with Crippen LogP contribution in [-0.4, -0.2) is 39.0 Å². The molecule has 0 aromatic heterocycles. The molecule has 0 N–H and O–H groups in total. The Morgan fingerprint density at radius 1 is 1.08 bits per heavy atom. The molecule has 1 fully saturated rings. The molecule has 0 radical (unpaired) electrons.